The first-order valence-corrected chi connectivity index (χ1v) is 11.1. The van der Waals surface area contributed by atoms with Crippen molar-refractivity contribution >= 4 is 27.1 Å². The number of nitrogens with one attached hydrogen (secondary N) is 1. The zero-order valence-electron chi connectivity index (χ0n) is 16.2. The Bertz CT molecular complexity index is 1050. The minimum absolute atomic E-state index is 0.306. The molecule has 0 radical (unpaired) electrons. The maximum atomic E-state index is 12.7. The maximum Gasteiger partial charge on any atom is 0.298 e. The average Bonchev–Trinajstić information content (AvgIpc) is 3.13. The molecular formula is C21H25N3O3S. The summed E-state index contributed by atoms with van der Waals surface area (Å²) in [7, 11) is -3.49. The van der Waals surface area contributed by atoms with Gasteiger partial charge in [-0.25, -0.2) is 13.1 Å². The molecule has 1 aliphatic heterocycles. The standard InChI is InChI=1S/C21H25N3O3S/c1-15-7-8-16(2)20(13-15)28(25,26)22-14-17-9-11-24(12-10-17)21-23-18-5-3-4-6-19(18)27-21/h3-8,13,17,22H,9-12,14H2,1-2H3. The summed E-state index contributed by atoms with van der Waals surface area (Å²) in [4.78, 5) is 7.06. The van der Waals surface area contributed by atoms with Crippen molar-refractivity contribution in [3.05, 3.63) is 53.6 Å². The molecule has 0 aliphatic carbocycles. The molecule has 0 bridgehead atoms. The number of anilines is 1. The van der Waals surface area contributed by atoms with Crippen molar-refractivity contribution < 1.29 is 12.8 Å². The molecule has 0 spiro atoms. The Hall–Kier alpha value is -2.38. The Balaban J connectivity index is 1.36. The fraction of sp³-hybridized carbons (Fsp3) is 0.381. The third-order valence-electron chi connectivity index (χ3n) is 5.36. The quantitative estimate of drug-likeness (QED) is 0.709. The maximum absolute atomic E-state index is 12.7. The Morgan fingerprint density at radius 1 is 1.14 bits per heavy atom. The number of benzene rings is 2. The Morgan fingerprint density at radius 2 is 1.89 bits per heavy atom. The Morgan fingerprint density at radius 3 is 2.64 bits per heavy atom. The van der Waals surface area contributed by atoms with Crippen LogP contribution in [-0.4, -0.2) is 33.0 Å². The summed E-state index contributed by atoms with van der Waals surface area (Å²) in [6.45, 7) is 5.80. The summed E-state index contributed by atoms with van der Waals surface area (Å²) in [5, 5.41) is 0. The van der Waals surface area contributed by atoms with Crippen LogP contribution >= 0.6 is 0 Å². The summed E-state index contributed by atoms with van der Waals surface area (Å²) in [5.74, 6) is 0.306. The largest absolute Gasteiger partial charge is 0.423 e. The number of sulfonamides is 1. The van der Waals surface area contributed by atoms with Gasteiger partial charge in [0, 0.05) is 19.6 Å². The first-order chi connectivity index (χ1) is 13.4. The second-order valence-corrected chi connectivity index (χ2v) is 9.25. The van der Waals surface area contributed by atoms with Crippen LogP contribution in [0, 0.1) is 19.8 Å². The van der Waals surface area contributed by atoms with Crippen LogP contribution < -0.4 is 9.62 Å². The number of aryl methyl sites for hydroxylation is 2. The Kier molecular flexibility index (Phi) is 5.12. The predicted octanol–water partition coefficient (Wildman–Crippen LogP) is 3.64. The molecule has 0 atom stereocenters. The van der Waals surface area contributed by atoms with Crippen molar-refractivity contribution in [3.8, 4) is 0 Å². The van der Waals surface area contributed by atoms with Crippen LogP contribution in [-0.2, 0) is 10.0 Å². The predicted molar refractivity (Wildman–Crippen MR) is 110 cm³/mol. The van der Waals surface area contributed by atoms with Gasteiger partial charge in [0.2, 0.25) is 10.0 Å². The van der Waals surface area contributed by atoms with E-state index in [-0.39, 0.29) is 0 Å². The number of fused-ring (bicyclic) bond motifs is 1. The lowest BCUT2D eigenvalue weighted by atomic mass is 9.97. The highest BCUT2D eigenvalue weighted by atomic mass is 32.2. The van der Waals surface area contributed by atoms with Gasteiger partial charge in [-0.05, 0) is 61.9 Å². The minimum Gasteiger partial charge on any atom is -0.423 e. The number of nitrogens with zero attached hydrogens (tertiary/aromatic N) is 2. The Labute approximate surface area is 165 Å². The van der Waals surface area contributed by atoms with E-state index in [9.17, 15) is 8.42 Å². The lowest BCUT2D eigenvalue weighted by Crippen LogP contribution is -2.38. The van der Waals surface area contributed by atoms with Gasteiger partial charge < -0.3 is 9.32 Å². The zero-order chi connectivity index (χ0) is 19.7. The number of hydrogen-bond acceptors (Lipinski definition) is 5. The molecule has 1 N–H and O–H groups in total. The van der Waals surface area contributed by atoms with Crippen molar-refractivity contribution in [3.63, 3.8) is 0 Å². The molecule has 0 amide bonds. The number of para-hydroxylation sites is 2. The molecular weight excluding hydrogens is 374 g/mol. The van der Waals surface area contributed by atoms with Crippen LogP contribution in [0.5, 0.6) is 0 Å². The topological polar surface area (TPSA) is 75.4 Å². The van der Waals surface area contributed by atoms with Gasteiger partial charge in [-0.2, -0.15) is 4.98 Å². The van der Waals surface area contributed by atoms with Gasteiger partial charge in [-0.3, -0.25) is 0 Å². The SMILES string of the molecule is Cc1ccc(C)c(S(=O)(=O)NCC2CCN(c3nc4ccccc4o3)CC2)c1. The molecule has 1 fully saturated rings. The molecule has 6 nitrogen and oxygen atoms in total. The van der Waals surface area contributed by atoms with Crippen LogP contribution in [0.25, 0.3) is 11.1 Å². The van der Waals surface area contributed by atoms with Crippen LogP contribution in [0.4, 0.5) is 6.01 Å². The summed E-state index contributed by atoms with van der Waals surface area (Å²) in [6, 6.07) is 13.9. The van der Waals surface area contributed by atoms with Gasteiger partial charge in [-0.1, -0.05) is 24.3 Å². The molecule has 1 saturated heterocycles. The van der Waals surface area contributed by atoms with E-state index in [2.05, 4.69) is 14.6 Å². The highest BCUT2D eigenvalue weighted by Crippen LogP contribution is 2.26. The van der Waals surface area contributed by atoms with E-state index in [4.69, 9.17) is 4.42 Å². The van der Waals surface area contributed by atoms with E-state index in [0.29, 0.717) is 23.4 Å². The molecule has 3 aromatic rings. The second kappa shape index (κ2) is 7.56. The highest BCUT2D eigenvalue weighted by molar-refractivity contribution is 7.89. The summed E-state index contributed by atoms with van der Waals surface area (Å²) in [6.07, 6.45) is 1.79. The highest BCUT2D eigenvalue weighted by Gasteiger charge is 2.25. The van der Waals surface area contributed by atoms with Crippen LogP contribution in [0.2, 0.25) is 0 Å². The number of aromatic nitrogens is 1. The number of oxazole rings is 1. The smallest absolute Gasteiger partial charge is 0.298 e. The summed E-state index contributed by atoms with van der Waals surface area (Å²) >= 11 is 0. The second-order valence-electron chi connectivity index (χ2n) is 7.52. The lowest BCUT2D eigenvalue weighted by Gasteiger charge is -2.30. The normalized spacial score (nSPS) is 16.0. The third kappa shape index (κ3) is 3.91. The molecule has 0 unspecified atom stereocenters. The number of piperidine rings is 1. The van der Waals surface area contributed by atoms with E-state index in [0.717, 1.165) is 48.2 Å². The molecule has 1 aromatic heterocycles. The van der Waals surface area contributed by atoms with Gasteiger partial charge in [0.15, 0.2) is 5.58 Å². The summed E-state index contributed by atoms with van der Waals surface area (Å²) < 4.78 is 34.0. The van der Waals surface area contributed by atoms with Crippen LogP contribution in [0.3, 0.4) is 0 Å². The van der Waals surface area contributed by atoms with E-state index < -0.39 is 10.0 Å². The van der Waals surface area contributed by atoms with Crippen molar-refractivity contribution in [1.82, 2.24) is 9.71 Å². The molecule has 2 heterocycles. The van der Waals surface area contributed by atoms with Crippen molar-refractivity contribution in [2.45, 2.75) is 31.6 Å². The van der Waals surface area contributed by atoms with E-state index in [1.807, 2.05) is 50.2 Å². The molecule has 0 saturated carbocycles. The van der Waals surface area contributed by atoms with Gasteiger partial charge in [-0.15, -0.1) is 0 Å². The van der Waals surface area contributed by atoms with Gasteiger partial charge in [0.25, 0.3) is 6.01 Å². The number of rotatable bonds is 5. The first kappa shape index (κ1) is 19.0. The first-order valence-electron chi connectivity index (χ1n) is 9.60. The molecule has 148 valence electrons. The van der Waals surface area contributed by atoms with E-state index in [1.54, 1.807) is 6.07 Å². The molecule has 1 aliphatic rings. The molecule has 4 rings (SSSR count). The zero-order valence-corrected chi connectivity index (χ0v) is 17.0. The molecule has 28 heavy (non-hydrogen) atoms. The average molecular weight is 400 g/mol. The fourth-order valence-electron chi connectivity index (χ4n) is 3.63. The monoisotopic (exact) mass is 399 g/mol. The van der Waals surface area contributed by atoms with Crippen LogP contribution in [0.1, 0.15) is 24.0 Å². The molecule has 7 heteroatoms. The van der Waals surface area contributed by atoms with Gasteiger partial charge in [0.05, 0.1) is 4.90 Å². The van der Waals surface area contributed by atoms with Crippen LogP contribution in [0.15, 0.2) is 51.8 Å². The van der Waals surface area contributed by atoms with Gasteiger partial charge in [0.1, 0.15) is 5.52 Å². The third-order valence-corrected chi connectivity index (χ3v) is 6.93. The van der Waals surface area contributed by atoms with Crippen molar-refractivity contribution in [2.75, 3.05) is 24.5 Å². The minimum atomic E-state index is -3.49. The van der Waals surface area contributed by atoms with E-state index in [1.165, 1.54) is 0 Å². The fourth-order valence-corrected chi connectivity index (χ4v) is 5.07. The molecule has 2 aromatic carbocycles. The van der Waals surface area contributed by atoms with Gasteiger partial charge >= 0.3 is 0 Å². The van der Waals surface area contributed by atoms with Crippen molar-refractivity contribution in [2.24, 2.45) is 5.92 Å². The lowest BCUT2D eigenvalue weighted by molar-refractivity contribution is 0.387. The van der Waals surface area contributed by atoms with E-state index >= 15 is 0 Å². The number of hydrogen-bond donors (Lipinski definition) is 1. The summed E-state index contributed by atoms with van der Waals surface area (Å²) in [5.41, 5.74) is 3.36. The van der Waals surface area contributed by atoms with Crippen molar-refractivity contribution in [1.29, 1.82) is 0 Å².